The standard InChI is InChI=1S/C23H18F6N2O4/c1-12-15-10-13(6-7-14(15)18(32)35-31-12)30-19(33)21(34,23(27,28)29)11-20(8-9-20)16-4-2-3-5-17(16)22(24,25)26/h2-7,10,34H,8-9,11H2,1H3,(H,30,33). The molecule has 1 aliphatic carbocycles. The number of nitrogens with zero attached hydrogens (tertiary/aromatic N) is 1. The van der Waals surface area contributed by atoms with Crippen LogP contribution < -0.4 is 10.9 Å². The van der Waals surface area contributed by atoms with E-state index in [0.717, 1.165) is 24.3 Å². The summed E-state index contributed by atoms with van der Waals surface area (Å²) in [6.45, 7) is 1.47. The van der Waals surface area contributed by atoms with E-state index in [1.807, 2.05) is 5.32 Å². The summed E-state index contributed by atoms with van der Waals surface area (Å²) in [6, 6.07) is 7.73. The highest BCUT2D eigenvalue weighted by atomic mass is 19.4. The molecule has 1 aromatic heterocycles. The van der Waals surface area contributed by atoms with Gasteiger partial charge in [-0.25, -0.2) is 4.79 Å². The lowest BCUT2D eigenvalue weighted by Crippen LogP contribution is -2.56. The van der Waals surface area contributed by atoms with E-state index in [-0.39, 0.29) is 35.0 Å². The zero-order valence-electron chi connectivity index (χ0n) is 18.0. The summed E-state index contributed by atoms with van der Waals surface area (Å²) in [5.74, 6) is -1.85. The van der Waals surface area contributed by atoms with E-state index >= 15 is 0 Å². The average Bonchev–Trinajstić information content (AvgIpc) is 3.55. The van der Waals surface area contributed by atoms with Gasteiger partial charge in [-0.3, -0.25) is 4.79 Å². The Morgan fingerprint density at radius 1 is 1.09 bits per heavy atom. The molecule has 1 atom stereocenters. The topological polar surface area (TPSA) is 92.4 Å². The molecule has 2 aromatic carbocycles. The number of alkyl halides is 6. The fourth-order valence-corrected chi connectivity index (χ4v) is 4.23. The van der Waals surface area contributed by atoms with Crippen molar-refractivity contribution in [3.63, 3.8) is 0 Å². The maximum absolute atomic E-state index is 14.0. The molecule has 1 aliphatic rings. The first-order chi connectivity index (χ1) is 16.2. The Hall–Kier alpha value is -3.41. The van der Waals surface area contributed by atoms with Crippen LogP contribution in [0, 0.1) is 6.92 Å². The molecule has 1 heterocycles. The quantitative estimate of drug-likeness (QED) is 0.488. The number of rotatable bonds is 5. The summed E-state index contributed by atoms with van der Waals surface area (Å²) in [5.41, 5.74) is -7.93. The SMILES string of the molecule is Cc1noc(=O)c2ccc(NC(=O)C(O)(CC3(c4ccccc4C(F)(F)F)CC3)C(F)(F)F)cc12. The number of anilines is 1. The van der Waals surface area contributed by atoms with Gasteiger partial charge in [-0.2, -0.15) is 26.3 Å². The number of hydrogen-bond donors (Lipinski definition) is 2. The monoisotopic (exact) mass is 500 g/mol. The van der Waals surface area contributed by atoms with Gasteiger partial charge < -0.3 is 14.9 Å². The Kier molecular flexibility index (Phi) is 5.70. The van der Waals surface area contributed by atoms with Crippen LogP contribution in [-0.2, 0) is 16.4 Å². The Balaban J connectivity index is 1.70. The third kappa shape index (κ3) is 4.38. The minimum absolute atomic E-state index is 0.0671. The summed E-state index contributed by atoms with van der Waals surface area (Å²) in [4.78, 5) is 24.6. The summed E-state index contributed by atoms with van der Waals surface area (Å²) in [5, 5.41) is 16.4. The molecule has 0 saturated heterocycles. The molecule has 4 rings (SSSR count). The number of carbonyl (C=O) groups is 1. The van der Waals surface area contributed by atoms with E-state index in [4.69, 9.17) is 0 Å². The zero-order chi connectivity index (χ0) is 25.8. The van der Waals surface area contributed by atoms with Crippen LogP contribution in [-0.4, -0.2) is 27.9 Å². The van der Waals surface area contributed by atoms with E-state index in [1.54, 1.807) is 0 Å². The van der Waals surface area contributed by atoms with Gasteiger partial charge in [-0.1, -0.05) is 23.4 Å². The first-order valence-corrected chi connectivity index (χ1v) is 10.4. The Labute approximate surface area is 193 Å². The maximum atomic E-state index is 14.0. The molecular weight excluding hydrogens is 482 g/mol. The molecule has 0 spiro atoms. The van der Waals surface area contributed by atoms with Gasteiger partial charge in [0, 0.05) is 17.5 Å². The van der Waals surface area contributed by atoms with Gasteiger partial charge in [0.2, 0.25) is 5.60 Å². The third-order valence-corrected chi connectivity index (χ3v) is 6.25. The lowest BCUT2D eigenvalue weighted by atomic mass is 9.80. The van der Waals surface area contributed by atoms with Crippen LogP contribution in [0.4, 0.5) is 32.0 Å². The first kappa shape index (κ1) is 24.7. The van der Waals surface area contributed by atoms with E-state index in [1.165, 1.54) is 25.1 Å². The number of benzene rings is 2. The molecule has 12 heteroatoms. The molecule has 0 bridgehead atoms. The van der Waals surface area contributed by atoms with Gasteiger partial charge in [-0.15, -0.1) is 0 Å². The van der Waals surface area contributed by atoms with Crippen molar-refractivity contribution in [2.75, 3.05) is 5.32 Å². The molecule has 1 unspecified atom stereocenters. The fraction of sp³-hybridized carbons (Fsp3) is 0.348. The van der Waals surface area contributed by atoms with Crippen molar-refractivity contribution in [2.24, 2.45) is 0 Å². The third-order valence-electron chi connectivity index (χ3n) is 6.25. The lowest BCUT2D eigenvalue weighted by molar-refractivity contribution is -0.253. The summed E-state index contributed by atoms with van der Waals surface area (Å²) in [7, 11) is 0. The number of fused-ring (bicyclic) bond motifs is 1. The first-order valence-electron chi connectivity index (χ1n) is 10.4. The van der Waals surface area contributed by atoms with Crippen molar-refractivity contribution in [3.05, 3.63) is 69.7 Å². The van der Waals surface area contributed by atoms with E-state index in [2.05, 4.69) is 9.68 Å². The van der Waals surface area contributed by atoms with Crippen molar-refractivity contribution in [3.8, 4) is 0 Å². The number of amides is 1. The normalized spacial score (nSPS) is 17.1. The molecule has 0 aliphatic heterocycles. The molecule has 0 radical (unpaired) electrons. The maximum Gasteiger partial charge on any atom is 0.426 e. The largest absolute Gasteiger partial charge is 0.426 e. The number of aliphatic hydroxyl groups is 1. The van der Waals surface area contributed by atoms with E-state index in [0.29, 0.717) is 0 Å². The van der Waals surface area contributed by atoms with Crippen LogP contribution in [0.5, 0.6) is 0 Å². The van der Waals surface area contributed by atoms with Crippen molar-refractivity contribution in [1.29, 1.82) is 0 Å². The minimum Gasteiger partial charge on any atom is -0.373 e. The van der Waals surface area contributed by atoms with E-state index in [9.17, 15) is 41.0 Å². The molecule has 35 heavy (non-hydrogen) atoms. The summed E-state index contributed by atoms with van der Waals surface area (Å²) in [6.07, 6.45) is -11.7. The van der Waals surface area contributed by atoms with Crippen molar-refractivity contribution < 1.29 is 40.8 Å². The fourth-order valence-electron chi connectivity index (χ4n) is 4.23. The predicted molar refractivity (Wildman–Crippen MR) is 112 cm³/mol. The number of halogens is 6. The molecule has 1 saturated carbocycles. The minimum atomic E-state index is -5.49. The Morgan fingerprint density at radius 3 is 2.34 bits per heavy atom. The Morgan fingerprint density at radius 2 is 1.74 bits per heavy atom. The van der Waals surface area contributed by atoms with Crippen LogP contribution in [0.2, 0.25) is 0 Å². The highest BCUT2D eigenvalue weighted by Gasteiger charge is 2.65. The number of hydrogen-bond acceptors (Lipinski definition) is 5. The number of aryl methyl sites for hydroxylation is 1. The van der Waals surface area contributed by atoms with Gasteiger partial charge in [0.15, 0.2) is 0 Å². The molecule has 1 amide bonds. The van der Waals surface area contributed by atoms with Crippen molar-refractivity contribution in [2.45, 2.75) is 49.6 Å². The van der Waals surface area contributed by atoms with Crippen LogP contribution in [0.3, 0.4) is 0 Å². The van der Waals surface area contributed by atoms with E-state index < -0.39 is 52.4 Å². The highest BCUT2D eigenvalue weighted by molar-refractivity contribution is 6.00. The second kappa shape index (κ2) is 8.08. The van der Waals surface area contributed by atoms with Gasteiger partial charge in [0.05, 0.1) is 16.6 Å². The number of aromatic nitrogens is 1. The van der Waals surface area contributed by atoms with Crippen molar-refractivity contribution in [1.82, 2.24) is 5.16 Å². The molecular formula is C23H18F6N2O4. The van der Waals surface area contributed by atoms with Crippen LogP contribution in [0.25, 0.3) is 10.8 Å². The summed E-state index contributed by atoms with van der Waals surface area (Å²) < 4.78 is 87.2. The zero-order valence-corrected chi connectivity index (χ0v) is 18.0. The van der Waals surface area contributed by atoms with Gasteiger partial charge >= 0.3 is 18.0 Å². The second-order valence-electron chi connectivity index (χ2n) is 8.63. The van der Waals surface area contributed by atoms with Gasteiger partial charge in [0.25, 0.3) is 5.91 Å². The predicted octanol–water partition coefficient (Wildman–Crippen LogP) is 4.87. The number of nitrogens with one attached hydrogen (secondary N) is 1. The lowest BCUT2D eigenvalue weighted by Gasteiger charge is -2.33. The molecule has 2 N–H and O–H groups in total. The second-order valence-corrected chi connectivity index (χ2v) is 8.63. The smallest absolute Gasteiger partial charge is 0.373 e. The molecule has 6 nitrogen and oxygen atoms in total. The van der Waals surface area contributed by atoms with Crippen LogP contribution in [0.15, 0.2) is 51.8 Å². The average molecular weight is 500 g/mol. The van der Waals surface area contributed by atoms with Crippen LogP contribution in [0.1, 0.15) is 36.1 Å². The summed E-state index contributed by atoms with van der Waals surface area (Å²) >= 11 is 0. The Bertz CT molecular complexity index is 1360. The molecule has 186 valence electrons. The van der Waals surface area contributed by atoms with Crippen LogP contribution >= 0.6 is 0 Å². The molecule has 1 fully saturated rings. The number of carbonyl (C=O) groups excluding carboxylic acids is 1. The van der Waals surface area contributed by atoms with Gasteiger partial charge in [0.1, 0.15) is 0 Å². The molecule has 3 aromatic rings. The van der Waals surface area contributed by atoms with Gasteiger partial charge in [-0.05, 0) is 55.0 Å². The van der Waals surface area contributed by atoms with Crippen molar-refractivity contribution >= 4 is 22.4 Å². The highest BCUT2D eigenvalue weighted by Crippen LogP contribution is 2.58.